The Kier molecular flexibility index (Phi) is 4.22. The Morgan fingerprint density at radius 3 is 2.56 bits per heavy atom. The van der Waals surface area contributed by atoms with Crippen LogP contribution >= 0.6 is 11.6 Å². The standard InChI is InChI=1S/C13H19ClN2/c14-13-6-2-1-5-12(13)11(9-15)10-16-7-3-4-8-16/h1-2,5-6,11H,3-4,7-10,15H2. The lowest BCUT2D eigenvalue weighted by molar-refractivity contribution is 0.315. The van der Waals surface area contributed by atoms with Gasteiger partial charge in [-0.25, -0.2) is 0 Å². The predicted octanol–water partition coefficient (Wildman–Crippen LogP) is 2.48. The van der Waals surface area contributed by atoms with Crippen LogP contribution in [-0.2, 0) is 0 Å². The fourth-order valence-electron chi connectivity index (χ4n) is 2.38. The molecule has 1 aliphatic rings. The molecule has 0 bridgehead atoms. The van der Waals surface area contributed by atoms with Gasteiger partial charge in [0.15, 0.2) is 0 Å². The molecule has 1 aliphatic heterocycles. The van der Waals surface area contributed by atoms with Crippen molar-refractivity contribution in [1.82, 2.24) is 4.90 Å². The van der Waals surface area contributed by atoms with Crippen molar-refractivity contribution < 1.29 is 0 Å². The van der Waals surface area contributed by atoms with Crippen molar-refractivity contribution in [3.8, 4) is 0 Å². The highest BCUT2D eigenvalue weighted by Crippen LogP contribution is 2.25. The number of nitrogens with zero attached hydrogens (tertiary/aromatic N) is 1. The normalized spacial score (nSPS) is 18.9. The Hall–Kier alpha value is -0.570. The van der Waals surface area contributed by atoms with E-state index in [2.05, 4.69) is 11.0 Å². The first-order valence-corrected chi connectivity index (χ1v) is 6.36. The second-order valence-corrected chi connectivity index (χ2v) is 4.87. The summed E-state index contributed by atoms with van der Waals surface area (Å²) in [5, 5.41) is 0.845. The molecule has 1 unspecified atom stereocenters. The van der Waals surface area contributed by atoms with Crippen LogP contribution in [0.5, 0.6) is 0 Å². The van der Waals surface area contributed by atoms with Gasteiger partial charge >= 0.3 is 0 Å². The Morgan fingerprint density at radius 2 is 1.94 bits per heavy atom. The fraction of sp³-hybridized carbons (Fsp3) is 0.538. The molecular formula is C13H19ClN2. The van der Waals surface area contributed by atoms with E-state index in [1.807, 2.05) is 18.2 Å². The monoisotopic (exact) mass is 238 g/mol. The molecule has 1 saturated heterocycles. The number of rotatable bonds is 4. The molecule has 1 atom stereocenters. The number of halogens is 1. The summed E-state index contributed by atoms with van der Waals surface area (Å²) in [7, 11) is 0. The minimum Gasteiger partial charge on any atom is -0.330 e. The van der Waals surface area contributed by atoms with E-state index < -0.39 is 0 Å². The molecule has 0 aromatic heterocycles. The van der Waals surface area contributed by atoms with Crippen LogP contribution in [0.4, 0.5) is 0 Å². The van der Waals surface area contributed by atoms with Crippen LogP contribution < -0.4 is 5.73 Å². The molecule has 1 heterocycles. The summed E-state index contributed by atoms with van der Waals surface area (Å²) in [6.45, 7) is 4.13. The van der Waals surface area contributed by atoms with Crippen molar-refractivity contribution in [3.63, 3.8) is 0 Å². The van der Waals surface area contributed by atoms with Crippen LogP contribution in [0.2, 0.25) is 5.02 Å². The zero-order chi connectivity index (χ0) is 11.4. The molecule has 1 fully saturated rings. The molecule has 16 heavy (non-hydrogen) atoms. The van der Waals surface area contributed by atoms with E-state index in [0.717, 1.165) is 11.6 Å². The molecule has 2 rings (SSSR count). The average molecular weight is 239 g/mol. The Morgan fingerprint density at radius 1 is 1.25 bits per heavy atom. The van der Waals surface area contributed by atoms with E-state index in [1.165, 1.54) is 31.5 Å². The SMILES string of the molecule is NCC(CN1CCCC1)c1ccccc1Cl. The minimum absolute atomic E-state index is 0.367. The van der Waals surface area contributed by atoms with Crippen molar-refractivity contribution in [3.05, 3.63) is 34.9 Å². The lowest BCUT2D eigenvalue weighted by Crippen LogP contribution is -2.29. The Labute approximate surface area is 102 Å². The molecule has 0 saturated carbocycles. The third kappa shape index (κ3) is 2.76. The minimum atomic E-state index is 0.367. The number of hydrogen-bond acceptors (Lipinski definition) is 2. The quantitative estimate of drug-likeness (QED) is 0.873. The first kappa shape index (κ1) is 11.9. The molecule has 2 nitrogen and oxygen atoms in total. The number of nitrogens with two attached hydrogens (primary N) is 1. The van der Waals surface area contributed by atoms with Crippen molar-refractivity contribution in [1.29, 1.82) is 0 Å². The molecule has 88 valence electrons. The topological polar surface area (TPSA) is 29.3 Å². The number of likely N-dealkylation sites (tertiary alicyclic amines) is 1. The first-order chi connectivity index (χ1) is 7.81. The van der Waals surface area contributed by atoms with Crippen LogP contribution in [0, 0.1) is 0 Å². The van der Waals surface area contributed by atoms with Gasteiger partial charge in [0, 0.05) is 24.0 Å². The van der Waals surface area contributed by atoms with Crippen molar-refractivity contribution in [2.45, 2.75) is 18.8 Å². The highest BCUT2D eigenvalue weighted by molar-refractivity contribution is 6.31. The van der Waals surface area contributed by atoms with Gasteiger partial charge in [0.25, 0.3) is 0 Å². The van der Waals surface area contributed by atoms with Crippen LogP contribution in [0.15, 0.2) is 24.3 Å². The maximum atomic E-state index is 6.21. The summed E-state index contributed by atoms with van der Waals surface area (Å²) in [6.07, 6.45) is 2.64. The highest BCUT2D eigenvalue weighted by Gasteiger charge is 2.19. The highest BCUT2D eigenvalue weighted by atomic mass is 35.5. The third-order valence-electron chi connectivity index (χ3n) is 3.31. The maximum Gasteiger partial charge on any atom is 0.0441 e. The van der Waals surface area contributed by atoms with Crippen LogP contribution in [-0.4, -0.2) is 31.1 Å². The fourth-order valence-corrected chi connectivity index (χ4v) is 2.67. The molecule has 0 amide bonds. The van der Waals surface area contributed by atoms with Gasteiger partial charge in [0.05, 0.1) is 0 Å². The summed E-state index contributed by atoms with van der Waals surface area (Å²) in [6, 6.07) is 8.04. The van der Waals surface area contributed by atoms with E-state index in [0.29, 0.717) is 12.5 Å². The average Bonchev–Trinajstić information content (AvgIpc) is 2.80. The summed E-state index contributed by atoms with van der Waals surface area (Å²) >= 11 is 6.21. The summed E-state index contributed by atoms with van der Waals surface area (Å²) < 4.78 is 0. The lowest BCUT2D eigenvalue weighted by Gasteiger charge is -2.23. The predicted molar refractivity (Wildman–Crippen MR) is 68.9 cm³/mol. The molecule has 3 heteroatoms. The molecule has 0 aliphatic carbocycles. The second-order valence-electron chi connectivity index (χ2n) is 4.46. The first-order valence-electron chi connectivity index (χ1n) is 5.98. The van der Waals surface area contributed by atoms with Gasteiger partial charge in [0.1, 0.15) is 0 Å². The van der Waals surface area contributed by atoms with Gasteiger partial charge in [-0.15, -0.1) is 0 Å². The number of benzene rings is 1. The van der Waals surface area contributed by atoms with Crippen molar-refractivity contribution in [2.24, 2.45) is 5.73 Å². The third-order valence-corrected chi connectivity index (χ3v) is 3.65. The van der Waals surface area contributed by atoms with Gasteiger partial charge in [-0.2, -0.15) is 0 Å². The molecule has 1 aromatic carbocycles. The largest absolute Gasteiger partial charge is 0.330 e. The van der Waals surface area contributed by atoms with E-state index in [1.54, 1.807) is 0 Å². The Bertz CT molecular complexity index is 334. The molecule has 1 aromatic rings. The molecule has 0 spiro atoms. The van der Waals surface area contributed by atoms with Gasteiger partial charge < -0.3 is 10.6 Å². The summed E-state index contributed by atoms with van der Waals surface area (Å²) in [4.78, 5) is 2.49. The lowest BCUT2D eigenvalue weighted by atomic mass is 9.98. The zero-order valence-electron chi connectivity index (χ0n) is 9.53. The van der Waals surface area contributed by atoms with E-state index >= 15 is 0 Å². The molecule has 0 radical (unpaired) electrons. The Balaban J connectivity index is 2.06. The van der Waals surface area contributed by atoms with Crippen LogP contribution in [0.1, 0.15) is 24.3 Å². The zero-order valence-corrected chi connectivity index (χ0v) is 10.3. The molecule has 2 N–H and O–H groups in total. The second kappa shape index (κ2) is 5.67. The summed E-state index contributed by atoms with van der Waals surface area (Å²) in [5.74, 6) is 0.367. The van der Waals surface area contributed by atoms with Crippen molar-refractivity contribution >= 4 is 11.6 Å². The van der Waals surface area contributed by atoms with Gasteiger partial charge in [0.2, 0.25) is 0 Å². The number of hydrogen-bond donors (Lipinski definition) is 1. The summed E-state index contributed by atoms with van der Waals surface area (Å²) in [5.41, 5.74) is 7.06. The van der Waals surface area contributed by atoms with Crippen LogP contribution in [0.25, 0.3) is 0 Å². The van der Waals surface area contributed by atoms with E-state index in [-0.39, 0.29) is 0 Å². The van der Waals surface area contributed by atoms with Gasteiger partial charge in [-0.3, -0.25) is 0 Å². The van der Waals surface area contributed by atoms with E-state index in [4.69, 9.17) is 17.3 Å². The van der Waals surface area contributed by atoms with Crippen molar-refractivity contribution in [2.75, 3.05) is 26.2 Å². The molecular weight excluding hydrogens is 220 g/mol. The van der Waals surface area contributed by atoms with E-state index in [9.17, 15) is 0 Å². The van der Waals surface area contributed by atoms with Gasteiger partial charge in [-0.1, -0.05) is 29.8 Å². The maximum absolute atomic E-state index is 6.21. The van der Waals surface area contributed by atoms with Gasteiger partial charge in [-0.05, 0) is 37.6 Å². The smallest absolute Gasteiger partial charge is 0.0441 e. The van der Waals surface area contributed by atoms with Crippen LogP contribution in [0.3, 0.4) is 0 Å².